The van der Waals surface area contributed by atoms with Crippen LogP contribution in [0.1, 0.15) is 40.0 Å². The second kappa shape index (κ2) is 5.80. The molecule has 2 heterocycles. The average molecular weight is 295 g/mol. The van der Waals surface area contributed by atoms with Gasteiger partial charge in [0.15, 0.2) is 0 Å². The summed E-state index contributed by atoms with van der Waals surface area (Å²) in [7, 11) is 0. The number of anilines is 1. The lowest BCUT2D eigenvalue weighted by Crippen LogP contribution is -2.58. The molecule has 21 heavy (non-hydrogen) atoms. The van der Waals surface area contributed by atoms with E-state index >= 15 is 0 Å². The van der Waals surface area contributed by atoms with E-state index in [1.54, 1.807) is 4.90 Å². The van der Waals surface area contributed by atoms with E-state index in [0.717, 1.165) is 0 Å². The van der Waals surface area contributed by atoms with Crippen LogP contribution in [-0.2, 0) is 16.1 Å². The number of carbonyl (C=O) groups is 2. The highest BCUT2D eigenvalue weighted by Gasteiger charge is 2.35. The fourth-order valence-corrected chi connectivity index (χ4v) is 2.05. The van der Waals surface area contributed by atoms with Crippen molar-refractivity contribution in [1.29, 1.82) is 0 Å². The third-order valence-corrected chi connectivity index (χ3v) is 3.11. The molecule has 2 amide bonds. The van der Waals surface area contributed by atoms with Crippen LogP contribution >= 0.6 is 0 Å². The summed E-state index contributed by atoms with van der Waals surface area (Å²) in [4.78, 5) is 24.9. The highest BCUT2D eigenvalue weighted by atomic mass is 16.4. The highest BCUT2D eigenvalue weighted by molar-refractivity contribution is 6.04. The number of amides is 2. The van der Waals surface area contributed by atoms with Gasteiger partial charge in [0.05, 0.1) is 6.54 Å². The molecule has 1 aromatic rings. The molecule has 2 rings (SSSR count). The summed E-state index contributed by atoms with van der Waals surface area (Å²) in [5, 5.41) is 13.4. The maximum Gasteiger partial charge on any atom is 0.319 e. The highest BCUT2D eigenvalue weighted by Crippen LogP contribution is 2.19. The third kappa shape index (κ3) is 3.78. The van der Waals surface area contributed by atoms with Crippen molar-refractivity contribution < 1.29 is 14.0 Å². The molecule has 8 heteroatoms. The van der Waals surface area contributed by atoms with Crippen molar-refractivity contribution in [2.75, 3.05) is 11.4 Å². The van der Waals surface area contributed by atoms with Crippen LogP contribution in [0.25, 0.3) is 0 Å². The molecule has 0 bridgehead atoms. The molecule has 1 unspecified atom stereocenters. The Morgan fingerprint density at radius 1 is 1.38 bits per heavy atom. The van der Waals surface area contributed by atoms with Crippen LogP contribution in [-0.4, -0.2) is 40.1 Å². The molecule has 1 aliphatic rings. The van der Waals surface area contributed by atoms with Crippen LogP contribution < -0.4 is 15.5 Å². The Morgan fingerprint density at radius 2 is 2.10 bits per heavy atom. The Morgan fingerprint density at radius 3 is 2.71 bits per heavy atom. The monoisotopic (exact) mass is 295 g/mol. The van der Waals surface area contributed by atoms with Crippen molar-refractivity contribution in [3.63, 3.8) is 0 Å². The standard InChI is InChI=1S/C13H21N5O3/c1-5-8-11(20)15-9(19)7-18(8)12-17-16-10(21-12)6-14-13(2,3)4/h8,14H,5-7H2,1-4H3,(H,15,19,20). The first-order valence-corrected chi connectivity index (χ1v) is 6.98. The van der Waals surface area contributed by atoms with Crippen molar-refractivity contribution >= 4 is 17.8 Å². The first-order valence-electron chi connectivity index (χ1n) is 6.98. The van der Waals surface area contributed by atoms with E-state index in [2.05, 4.69) is 20.8 Å². The number of rotatable bonds is 4. The van der Waals surface area contributed by atoms with Gasteiger partial charge < -0.3 is 14.6 Å². The van der Waals surface area contributed by atoms with Crippen LogP contribution in [0.2, 0.25) is 0 Å². The Kier molecular flexibility index (Phi) is 4.26. The van der Waals surface area contributed by atoms with Gasteiger partial charge >= 0.3 is 6.01 Å². The van der Waals surface area contributed by atoms with Gasteiger partial charge in [-0.25, -0.2) is 0 Å². The second-order valence-electron chi connectivity index (χ2n) is 6.05. The zero-order valence-electron chi connectivity index (χ0n) is 12.8. The van der Waals surface area contributed by atoms with Crippen molar-refractivity contribution in [2.24, 2.45) is 0 Å². The topological polar surface area (TPSA) is 100 Å². The normalized spacial score (nSPS) is 19.8. The predicted molar refractivity (Wildman–Crippen MR) is 75.5 cm³/mol. The van der Waals surface area contributed by atoms with Gasteiger partial charge in [-0.05, 0) is 27.2 Å². The van der Waals surface area contributed by atoms with Crippen LogP contribution in [0.5, 0.6) is 0 Å². The summed E-state index contributed by atoms with van der Waals surface area (Å²) in [5.74, 6) is -0.271. The minimum atomic E-state index is -0.466. The van der Waals surface area contributed by atoms with Gasteiger partial charge in [0.1, 0.15) is 12.6 Å². The Balaban J connectivity index is 2.11. The number of nitrogens with one attached hydrogen (secondary N) is 2. The van der Waals surface area contributed by atoms with Crippen molar-refractivity contribution in [3.05, 3.63) is 5.89 Å². The molecule has 1 saturated heterocycles. The van der Waals surface area contributed by atoms with Crippen LogP contribution in [0, 0.1) is 0 Å². The minimum Gasteiger partial charge on any atom is -0.407 e. The maximum atomic E-state index is 11.8. The number of hydrogen-bond acceptors (Lipinski definition) is 7. The molecule has 1 aromatic heterocycles. The maximum absolute atomic E-state index is 11.8. The molecule has 0 aliphatic carbocycles. The second-order valence-corrected chi connectivity index (χ2v) is 6.05. The summed E-state index contributed by atoms with van der Waals surface area (Å²) in [6, 6.07) is -0.262. The number of hydrogen-bond donors (Lipinski definition) is 2. The van der Waals surface area contributed by atoms with Crippen LogP contribution in [0.15, 0.2) is 4.42 Å². The summed E-state index contributed by atoms with van der Waals surface area (Å²) >= 11 is 0. The first kappa shape index (κ1) is 15.4. The zero-order chi connectivity index (χ0) is 15.6. The average Bonchev–Trinajstić information content (AvgIpc) is 2.83. The number of carbonyl (C=O) groups excluding carboxylic acids is 2. The lowest BCUT2D eigenvalue weighted by molar-refractivity contribution is -0.133. The van der Waals surface area contributed by atoms with Crippen LogP contribution in [0.3, 0.4) is 0 Å². The van der Waals surface area contributed by atoms with E-state index in [-0.39, 0.29) is 29.9 Å². The van der Waals surface area contributed by atoms with Gasteiger partial charge in [0, 0.05) is 5.54 Å². The molecular weight excluding hydrogens is 274 g/mol. The molecular formula is C13H21N5O3. The molecule has 1 atom stereocenters. The quantitative estimate of drug-likeness (QED) is 0.765. The van der Waals surface area contributed by atoms with Crippen molar-refractivity contribution in [2.45, 2.75) is 52.2 Å². The van der Waals surface area contributed by atoms with Gasteiger partial charge in [0.2, 0.25) is 17.7 Å². The van der Waals surface area contributed by atoms with Crippen molar-refractivity contribution in [1.82, 2.24) is 20.8 Å². The van der Waals surface area contributed by atoms with E-state index in [1.807, 2.05) is 27.7 Å². The van der Waals surface area contributed by atoms with E-state index < -0.39 is 6.04 Å². The number of nitrogens with zero attached hydrogens (tertiary/aromatic N) is 3. The van der Waals surface area contributed by atoms with E-state index in [0.29, 0.717) is 18.9 Å². The molecule has 116 valence electrons. The fraction of sp³-hybridized carbons (Fsp3) is 0.692. The molecule has 8 nitrogen and oxygen atoms in total. The zero-order valence-corrected chi connectivity index (χ0v) is 12.8. The predicted octanol–water partition coefficient (Wildman–Crippen LogP) is 0.199. The molecule has 0 saturated carbocycles. The third-order valence-electron chi connectivity index (χ3n) is 3.11. The molecule has 0 radical (unpaired) electrons. The molecule has 1 fully saturated rings. The summed E-state index contributed by atoms with van der Waals surface area (Å²) < 4.78 is 5.56. The Bertz CT molecular complexity index is 534. The lowest BCUT2D eigenvalue weighted by atomic mass is 10.1. The van der Waals surface area contributed by atoms with E-state index in [4.69, 9.17) is 4.42 Å². The number of imide groups is 1. The van der Waals surface area contributed by atoms with E-state index in [9.17, 15) is 9.59 Å². The largest absolute Gasteiger partial charge is 0.407 e. The first-order chi connectivity index (χ1) is 9.80. The molecule has 0 aromatic carbocycles. The van der Waals surface area contributed by atoms with Gasteiger partial charge in [-0.2, -0.15) is 0 Å². The molecule has 0 spiro atoms. The van der Waals surface area contributed by atoms with Crippen molar-refractivity contribution in [3.8, 4) is 0 Å². The summed E-state index contributed by atoms with van der Waals surface area (Å²) in [6.45, 7) is 8.44. The van der Waals surface area contributed by atoms with Gasteiger partial charge in [-0.15, -0.1) is 5.10 Å². The van der Waals surface area contributed by atoms with Gasteiger partial charge in [0.25, 0.3) is 0 Å². The smallest absolute Gasteiger partial charge is 0.319 e. The number of aromatic nitrogens is 2. The Hall–Kier alpha value is -1.96. The minimum absolute atomic E-state index is 0.0403. The fourth-order valence-electron chi connectivity index (χ4n) is 2.05. The Labute approximate surface area is 123 Å². The van der Waals surface area contributed by atoms with Gasteiger partial charge in [-0.3, -0.25) is 14.9 Å². The van der Waals surface area contributed by atoms with Gasteiger partial charge in [-0.1, -0.05) is 12.0 Å². The summed E-state index contributed by atoms with van der Waals surface area (Å²) in [5.41, 5.74) is -0.0679. The molecule has 2 N–H and O–H groups in total. The SMILES string of the molecule is CCC1C(=O)NC(=O)CN1c1nnc(CNC(C)(C)C)o1. The van der Waals surface area contributed by atoms with E-state index in [1.165, 1.54) is 0 Å². The summed E-state index contributed by atoms with van der Waals surface area (Å²) in [6.07, 6.45) is 0.553. The molecule has 1 aliphatic heterocycles. The van der Waals surface area contributed by atoms with Crippen LogP contribution in [0.4, 0.5) is 6.01 Å². The lowest BCUT2D eigenvalue weighted by Gasteiger charge is -2.31. The number of piperazine rings is 1.